The van der Waals surface area contributed by atoms with Crippen LogP contribution in [0, 0.1) is 0 Å². The Balaban J connectivity index is 1.69. The van der Waals surface area contributed by atoms with E-state index in [-0.39, 0.29) is 12.1 Å². The minimum absolute atomic E-state index is 0.169. The number of anilines is 1. The van der Waals surface area contributed by atoms with Crippen LogP contribution in [0.1, 0.15) is 36.9 Å². The molecule has 0 saturated heterocycles. The molecule has 0 radical (unpaired) electrons. The zero-order chi connectivity index (χ0) is 19.3. The number of rotatable bonds is 6. The van der Waals surface area contributed by atoms with E-state index in [0.29, 0.717) is 17.1 Å². The molecule has 1 aliphatic carbocycles. The lowest BCUT2D eigenvalue weighted by Gasteiger charge is -2.16. The van der Waals surface area contributed by atoms with Crippen LogP contribution in [0.3, 0.4) is 0 Å². The molecule has 1 aromatic carbocycles. The number of nitrogens with one attached hydrogen (secondary N) is 1. The van der Waals surface area contributed by atoms with E-state index in [2.05, 4.69) is 20.5 Å². The van der Waals surface area contributed by atoms with Gasteiger partial charge in [0.05, 0.1) is 19.4 Å². The van der Waals surface area contributed by atoms with Crippen molar-refractivity contribution in [3.05, 3.63) is 41.7 Å². The van der Waals surface area contributed by atoms with Gasteiger partial charge in [-0.15, -0.1) is 0 Å². The van der Waals surface area contributed by atoms with Gasteiger partial charge in [0.2, 0.25) is 5.95 Å². The van der Waals surface area contributed by atoms with Gasteiger partial charge < -0.3 is 9.47 Å². The minimum atomic E-state index is -4.54. The summed E-state index contributed by atoms with van der Waals surface area (Å²) < 4.78 is 49.3. The summed E-state index contributed by atoms with van der Waals surface area (Å²) in [5, 5.41) is 3.90. The van der Waals surface area contributed by atoms with Crippen molar-refractivity contribution in [2.24, 2.45) is 5.10 Å². The number of ether oxygens (including phenoxy) is 2. The van der Waals surface area contributed by atoms with Crippen molar-refractivity contribution in [2.75, 3.05) is 12.5 Å². The number of hydrogen-bond donors (Lipinski definition) is 1. The van der Waals surface area contributed by atoms with Crippen LogP contribution in [-0.4, -0.2) is 29.4 Å². The fraction of sp³-hybridized carbons (Fsp3) is 0.389. The SMILES string of the molecule is COc1ccc(C=NNc2nccc(C(F)(F)F)n2)cc1OC1CCCC1. The second-order valence-electron chi connectivity index (χ2n) is 6.07. The van der Waals surface area contributed by atoms with E-state index in [1.54, 1.807) is 25.3 Å². The molecule has 0 atom stereocenters. The van der Waals surface area contributed by atoms with Gasteiger partial charge in [-0.05, 0) is 55.5 Å². The second-order valence-corrected chi connectivity index (χ2v) is 6.07. The van der Waals surface area contributed by atoms with Crippen LogP contribution >= 0.6 is 0 Å². The second kappa shape index (κ2) is 8.24. The number of aromatic nitrogens is 2. The van der Waals surface area contributed by atoms with Gasteiger partial charge in [-0.25, -0.2) is 15.4 Å². The van der Waals surface area contributed by atoms with Crippen molar-refractivity contribution in [2.45, 2.75) is 38.0 Å². The summed E-state index contributed by atoms with van der Waals surface area (Å²) in [5.74, 6) is 0.994. The molecule has 1 aliphatic rings. The van der Waals surface area contributed by atoms with Gasteiger partial charge in [-0.3, -0.25) is 0 Å². The topological polar surface area (TPSA) is 68.6 Å². The van der Waals surface area contributed by atoms with Crippen LogP contribution < -0.4 is 14.9 Å². The predicted octanol–water partition coefficient (Wildman–Crippen LogP) is 4.27. The van der Waals surface area contributed by atoms with E-state index in [0.717, 1.165) is 37.9 Å². The molecule has 0 aliphatic heterocycles. The maximum atomic E-state index is 12.7. The maximum absolute atomic E-state index is 12.7. The highest BCUT2D eigenvalue weighted by Gasteiger charge is 2.32. The van der Waals surface area contributed by atoms with E-state index in [4.69, 9.17) is 9.47 Å². The third-order valence-corrected chi connectivity index (χ3v) is 4.11. The van der Waals surface area contributed by atoms with E-state index in [9.17, 15) is 13.2 Å². The third-order valence-electron chi connectivity index (χ3n) is 4.11. The zero-order valence-electron chi connectivity index (χ0n) is 14.7. The Kier molecular flexibility index (Phi) is 5.78. The van der Waals surface area contributed by atoms with Crippen LogP contribution in [0.25, 0.3) is 0 Å². The molecule has 1 fully saturated rings. The minimum Gasteiger partial charge on any atom is -0.493 e. The Labute approximate surface area is 154 Å². The molecule has 1 heterocycles. The summed E-state index contributed by atoms with van der Waals surface area (Å²) in [5.41, 5.74) is 2.06. The molecule has 1 saturated carbocycles. The highest BCUT2D eigenvalue weighted by molar-refractivity contribution is 5.81. The summed E-state index contributed by atoms with van der Waals surface area (Å²) in [6.07, 6.45) is 2.42. The zero-order valence-corrected chi connectivity index (χ0v) is 14.7. The molecule has 0 spiro atoms. The summed E-state index contributed by atoms with van der Waals surface area (Å²) in [6.45, 7) is 0. The van der Waals surface area contributed by atoms with Crippen LogP contribution in [0.2, 0.25) is 0 Å². The molecular weight excluding hydrogens is 361 g/mol. The molecule has 144 valence electrons. The average Bonchev–Trinajstić information content (AvgIpc) is 3.15. The summed E-state index contributed by atoms with van der Waals surface area (Å²) >= 11 is 0. The molecular formula is C18H19F3N4O2. The molecule has 2 aromatic rings. The number of hydrogen-bond acceptors (Lipinski definition) is 6. The fourth-order valence-electron chi connectivity index (χ4n) is 2.79. The third kappa shape index (κ3) is 5.08. The van der Waals surface area contributed by atoms with E-state index in [1.807, 2.05) is 0 Å². The van der Waals surface area contributed by atoms with Crippen LogP contribution in [0.4, 0.5) is 19.1 Å². The Bertz CT molecular complexity index is 805. The Morgan fingerprint density at radius 1 is 1.19 bits per heavy atom. The highest BCUT2D eigenvalue weighted by Crippen LogP contribution is 2.32. The summed E-state index contributed by atoms with van der Waals surface area (Å²) in [4.78, 5) is 7.10. The van der Waals surface area contributed by atoms with E-state index >= 15 is 0 Å². The lowest BCUT2D eigenvalue weighted by molar-refractivity contribution is -0.141. The van der Waals surface area contributed by atoms with Gasteiger partial charge in [0.1, 0.15) is 5.69 Å². The standard InChI is InChI=1S/C18H19F3N4O2/c1-26-14-7-6-12(10-15(14)27-13-4-2-3-5-13)11-23-25-17-22-9-8-16(24-17)18(19,20)21/h6-11,13H,2-5H2,1H3,(H,22,24,25). The smallest absolute Gasteiger partial charge is 0.433 e. The molecule has 0 bridgehead atoms. The molecule has 3 rings (SSSR count). The monoisotopic (exact) mass is 380 g/mol. The number of methoxy groups -OCH3 is 1. The largest absolute Gasteiger partial charge is 0.493 e. The van der Waals surface area contributed by atoms with Crippen molar-refractivity contribution in [3.8, 4) is 11.5 Å². The Hall–Kier alpha value is -2.84. The maximum Gasteiger partial charge on any atom is 0.433 e. The van der Waals surface area contributed by atoms with Crippen molar-refractivity contribution in [3.63, 3.8) is 0 Å². The number of hydrazone groups is 1. The van der Waals surface area contributed by atoms with Gasteiger partial charge in [0, 0.05) is 6.20 Å². The molecule has 27 heavy (non-hydrogen) atoms. The molecule has 1 N–H and O–H groups in total. The van der Waals surface area contributed by atoms with Crippen molar-refractivity contribution in [1.29, 1.82) is 0 Å². The average molecular weight is 380 g/mol. The molecule has 1 aromatic heterocycles. The van der Waals surface area contributed by atoms with Crippen LogP contribution in [-0.2, 0) is 6.18 Å². The first-order chi connectivity index (χ1) is 13.0. The van der Waals surface area contributed by atoms with Crippen molar-refractivity contribution in [1.82, 2.24) is 9.97 Å². The van der Waals surface area contributed by atoms with Crippen LogP contribution in [0.5, 0.6) is 11.5 Å². The first-order valence-electron chi connectivity index (χ1n) is 8.50. The molecule has 9 heteroatoms. The van der Waals surface area contributed by atoms with E-state index < -0.39 is 11.9 Å². The summed E-state index contributed by atoms with van der Waals surface area (Å²) in [6, 6.07) is 6.09. The van der Waals surface area contributed by atoms with Crippen LogP contribution in [0.15, 0.2) is 35.6 Å². The number of benzene rings is 1. The number of nitrogens with zero attached hydrogens (tertiary/aromatic N) is 3. The fourth-order valence-corrected chi connectivity index (χ4v) is 2.79. The first kappa shape index (κ1) is 18.9. The number of alkyl halides is 3. The quantitative estimate of drug-likeness (QED) is 0.599. The number of halogens is 3. The van der Waals surface area contributed by atoms with Gasteiger partial charge in [0.25, 0.3) is 0 Å². The molecule has 0 amide bonds. The van der Waals surface area contributed by atoms with Gasteiger partial charge in [-0.2, -0.15) is 18.3 Å². The predicted molar refractivity (Wildman–Crippen MR) is 94.1 cm³/mol. The van der Waals surface area contributed by atoms with E-state index in [1.165, 1.54) is 6.21 Å². The normalized spacial score (nSPS) is 15.3. The lowest BCUT2D eigenvalue weighted by atomic mass is 10.2. The molecule has 0 unspecified atom stereocenters. The highest BCUT2D eigenvalue weighted by atomic mass is 19.4. The van der Waals surface area contributed by atoms with Crippen molar-refractivity contribution >= 4 is 12.2 Å². The van der Waals surface area contributed by atoms with Gasteiger partial charge in [-0.1, -0.05) is 0 Å². The lowest BCUT2D eigenvalue weighted by Crippen LogP contribution is -2.11. The van der Waals surface area contributed by atoms with Gasteiger partial charge >= 0.3 is 6.18 Å². The first-order valence-corrected chi connectivity index (χ1v) is 8.50. The summed E-state index contributed by atoms with van der Waals surface area (Å²) in [7, 11) is 1.57. The Morgan fingerprint density at radius 2 is 1.96 bits per heavy atom. The van der Waals surface area contributed by atoms with Gasteiger partial charge in [0.15, 0.2) is 11.5 Å². The Morgan fingerprint density at radius 3 is 2.67 bits per heavy atom. The van der Waals surface area contributed by atoms with Crippen molar-refractivity contribution < 1.29 is 22.6 Å². The molecule has 6 nitrogen and oxygen atoms in total.